The van der Waals surface area contributed by atoms with Crippen molar-refractivity contribution in [2.45, 2.75) is 6.54 Å². The molecular formula is C19H15Cl3N2O2S. The number of halogens is 3. The van der Waals surface area contributed by atoms with Crippen LogP contribution in [-0.2, 0) is 6.54 Å². The molecule has 0 saturated heterocycles. The fraction of sp³-hybridized carbons (Fsp3) is 0.105. The Morgan fingerprint density at radius 1 is 1.07 bits per heavy atom. The van der Waals surface area contributed by atoms with Gasteiger partial charge in [0.25, 0.3) is 0 Å². The molecule has 1 amide bonds. The quantitative estimate of drug-likeness (QED) is 0.465. The molecule has 0 spiro atoms. The summed E-state index contributed by atoms with van der Waals surface area (Å²) >= 11 is 19.8. The number of benzene rings is 2. The Hall–Kier alpha value is -1.92. The molecule has 0 aliphatic rings. The lowest BCUT2D eigenvalue weighted by atomic mass is 10.2. The summed E-state index contributed by atoms with van der Waals surface area (Å²) in [4.78, 5) is 15.3. The highest BCUT2D eigenvalue weighted by atomic mass is 35.5. The molecular weight excluding hydrogens is 427 g/mol. The van der Waals surface area contributed by atoms with Gasteiger partial charge in [0.2, 0.25) is 0 Å². The van der Waals surface area contributed by atoms with Crippen LogP contribution in [0.1, 0.15) is 4.88 Å². The molecule has 0 bridgehead atoms. The number of hydrogen-bond donors (Lipinski definition) is 1. The average molecular weight is 442 g/mol. The number of hydrogen-bond acceptors (Lipinski definition) is 4. The lowest BCUT2D eigenvalue weighted by Gasteiger charge is -2.19. The lowest BCUT2D eigenvalue weighted by Crippen LogP contribution is -2.18. The second-order valence-corrected chi connectivity index (χ2v) is 8.29. The molecule has 2 aromatic carbocycles. The lowest BCUT2D eigenvalue weighted by molar-refractivity contribution is 0.215. The van der Waals surface area contributed by atoms with Crippen LogP contribution in [0.4, 0.5) is 16.2 Å². The number of ether oxygens (including phenoxy) is 1. The van der Waals surface area contributed by atoms with Crippen molar-refractivity contribution in [1.29, 1.82) is 0 Å². The van der Waals surface area contributed by atoms with Gasteiger partial charge in [-0.25, -0.2) is 4.79 Å². The van der Waals surface area contributed by atoms with Crippen molar-refractivity contribution in [2.75, 3.05) is 17.3 Å². The van der Waals surface area contributed by atoms with Gasteiger partial charge in [0.15, 0.2) is 5.75 Å². The third-order valence-corrected chi connectivity index (χ3v) is 5.53. The zero-order valence-electron chi connectivity index (χ0n) is 14.2. The number of amides is 1. The van der Waals surface area contributed by atoms with Gasteiger partial charge in [-0.15, -0.1) is 11.3 Å². The molecule has 0 fully saturated rings. The SMILES string of the molecule is CN(Cc1ccc(Cl)s1)c1ccc(NC(=O)Oc2ccccc2Cl)c(Cl)c1. The molecule has 0 radical (unpaired) electrons. The van der Waals surface area contributed by atoms with Gasteiger partial charge >= 0.3 is 6.09 Å². The van der Waals surface area contributed by atoms with Crippen LogP contribution in [0.15, 0.2) is 54.6 Å². The van der Waals surface area contributed by atoms with E-state index in [4.69, 9.17) is 39.5 Å². The number of nitrogens with zero attached hydrogens (tertiary/aromatic N) is 1. The number of anilines is 2. The zero-order chi connectivity index (χ0) is 19.4. The van der Waals surface area contributed by atoms with Gasteiger partial charge in [0.05, 0.1) is 26.6 Å². The molecule has 1 N–H and O–H groups in total. The van der Waals surface area contributed by atoms with Crippen molar-refractivity contribution < 1.29 is 9.53 Å². The van der Waals surface area contributed by atoms with Gasteiger partial charge in [-0.3, -0.25) is 5.32 Å². The van der Waals surface area contributed by atoms with Gasteiger partial charge in [-0.2, -0.15) is 0 Å². The maximum Gasteiger partial charge on any atom is 0.417 e. The maximum atomic E-state index is 12.1. The maximum absolute atomic E-state index is 12.1. The molecule has 0 aliphatic carbocycles. The summed E-state index contributed by atoms with van der Waals surface area (Å²) in [6.45, 7) is 0.703. The van der Waals surface area contributed by atoms with E-state index >= 15 is 0 Å². The van der Waals surface area contributed by atoms with E-state index in [-0.39, 0.29) is 5.75 Å². The minimum absolute atomic E-state index is 0.277. The Morgan fingerprint density at radius 3 is 2.52 bits per heavy atom. The van der Waals surface area contributed by atoms with Crippen LogP contribution in [0.5, 0.6) is 5.75 Å². The molecule has 0 aliphatic heterocycles. The Balaban J connectivity index is 1.65. The average Bonchev–Trinajstić information content (AvgIpc) is 3.03. The highest BCUT2D eigenvalue weighted by Gasteiger charge is 2.12. The molecule has 4 nitrogen and oxygen atoms in total. The van der Waals surface area contributed by atoms with E-state index in [2.05, 4.69) is 5.32 Å². The van der Waals surface area contributed by atoms with E-state index in [9.17, 15) is 4.79 Å². The predicted octanol–water partition coefficient (Wildman–Crippen LogP) is 6.96. The Kier molecular flexibility index (Phi) is 6.50. The number of para-hydroxylation sites is 1. The molecule has 0 saturated carbocycles. The fourth-order valence-corrected chi connectivity index (χ4v) is 3.90. The molecule has 27 heavy (non-hydrogen) atoms. The molecule has 8 heteroatoms. The monoisotopic (exact) mass is 440 g/mol. The van der Waals surface area contributed by atoms with Crippen molar-refractivity contribution >= 4 is 63.6 Å². The molecule has 3 rings (SSSR count). The molecule has 1 aromatic heterocycles. The predicted molar refractivity (Wildman–Crippen MR) is 114 cm³/mol. The first-order chi connectivity index (χ1) is 12.9. The van der Waals surface area contributed by atoms with Gasteiger partial charge in [-0.1, -0.05) is 46.9 Å². The van der Waals surface area contributed by atoms with Crippen molar-refractivity contribution in [3.8, 4) is 5.75 Å². The van der Waals surface area contributed by atoms with E-state index in [0.29, 0.717) is 22.3 Å². The Labute approximate surface area is 176 Å². The summed E-state index contributed by atoms with van der Waals surface area (Å²) in [5, 5.41) is 3.37. The largest absolute Gasteiger partial charge is 0.417 e. The number of carbonyl (C=O) groups excluding carboxylic acids is 1. The molecule has 0 atom stereocenters. The summed E-state index contributed by atoms with van der Waals surface area (Å²) in [5.41, 5.74) is 1.36. The number of thiophene rings is 1. The van der Waals surface area contributed by atoms with E-state index in [0.717, 1.165) is 14.9 Å². The molecule has 140 valence electrons. The van der Waals surface area contributed by atoms with Crippen LogP contribution < -0.4 is 15.0 Å². The highest BCUT2D eigenvalue weighted by Crippen LogP contribution is 2.30. The summed E-state index contributed by atoms with van der Waals surface area (Å²) < 4.78 is 5.96. The topological polar surface area (TPSA) is 41.6 Å². The van der Waals surface area contributed by atoms with Crippen LogP contribution in [0.25, 0.3) is 0 Å². The van der Waals surface area contributed by atoms with Gasteiger partial charge < -0.3 is 9.64 Å². The second-order valence-electron chi connectivity index (χ2n) is 5.67. The van der Waals surface area contributed by atoms with Gasteiger partial charge in [0.1, 0.15) is 0 Å². The molecule has 1 heterocycles. The van der Waals surface area contributed by atoms with Crippen LogP contribution in [0, 0.1) is 0 Å². The normalized spacial score (nSPS) is 10.5. The second kappa shape index (κ2) is 8.85. The van der Waals surface area contributed by atoms with Crippen LogP contribution >= 0.6 is 46.1 Å². The van der Waals surface area contributed by atoms with Crippen molar-refractivity contribution in [3.05, 3.63) is 73.9 Å². The summed E-state index contributed by atoms with van der Waals surface area (Å²) in [6, 6.07) is 16.0. The first kappa shape index (κ1) is 19.8. The molecule has 3 aromatic rings. The number of nitrogens with one attached hydrogen (secondary N) is 1. The van der Waals surface area contributed by atoms with Gasteiger partial charge in [0, 0.05) is 17.6 Å². The first-order valence-electron chi connectivity index (χ1n) is 7.90. The van der Waals surface area contributed by atoms with Crippen LogP contribution in [0.3, 0.4) is 0 Å². The highest BCUT2D eigenvalue weighted by molar-refractivity contribution is 7.16. The molecule has 0 unspecified atom stereocenters. The summed E-state index contributed by atoms with van der Waals surface area (Å²) in [6.07, 6.45) is -0.667. The van der Waals surface area contributed by atoms with Crippen LogP contribution in [0.2, 0.25) is 14.4 Å². The zero-order valence-corrected chi connectivity index (χ0v) is 17.3. The van der Waals surface area contributed by atoms with E-state index in [1.807, 2.05) is 30.1 Å². The fourth-order valence-electron chi connectivity index (χ4n) is 2.37. The van der Waals surface area contributed by atoms with E-state index in [1.54, 1.807) is 36.4 Å². The van der Waals surface area contributed by atoms with Crippen molar-refractivity contribution in [3.63, 3.8) is 0 Å². The minimum atomic E-state index is -0.667. The number of carbonyl (C=O) groups is 1. The Bertz CT molecular complexity index is 962. The standard InChI is InChI=1S/C19H15Cl3N2O2S/c1-24(11-13-7-9-18(22)27-13)12-6-8-16(15(21)10-12)23-19(25)26-17-5-3-2-4-14(17)20/h2-10H,11H2,1H3,(H,23,25). The third kappa shape index (κ3) is 5.30. The number of rotatable bonds is 5. The van der Waals surface area contributed by atoms with Crippen molar-refractivity contribution in [1.82, 2.24) is 0 Å². The summed E-state index contributed by atoms with van der Waals surface area (Å²) in [5.74, 6) is 0.277. The first-order valence-corrected chi connectivity index (χ1v) is 9.85. The van der Waals surface area contributed by atoms with Crippen LogP contribution in [-0.4, -0.2) is 13.1 Å². The minimum Gasteiger partial charge on any atom is -0.409 e. The van der Waals surface area contributed by atoms with E-state index < -0.39 is 6.09 Å². The van der Waals surface area contributed by atoms with E-state index in [1.165, 1.54) is 11.3 Å². The smallest absolute Gasteiger partial charge is 0.409 e. The summed E-state index contributed by atoms with van der Waals surface area (Å²) in [7, 11) is 1.96. The Morgan fingerprint density at radius 2 is 1.85 bits per heavy atom. The third-order valence-electron chi connectivity index (χ3n) is 3.69. The van der Waals surface area contributed by atoms with Crippen molar-refractivity contribution in [2.24, 2.45) is 0 Å². The van der Waals surface area contributed by atoms with Gasteiger partial charge in [-0.05, 0) is 42.5 Å².